The minimum absolute atomic E-state index is 0.710. The summed E-state index contributed by atoms with van der Waals surface area (Å²) >= 11 is 0. The molecule has 0 aliphatic heterocycles. The van der Waals surface area contributed by atoms with Crippen molar-refractivity contribution in [1.82, 2.24) is 0 Å². The van der Waals surface area contributed by atoms with Crippen molar-refractivity contribution >= 4 is 0 Å². The van der Waals surface area contributed by atoms with Crippen LogP contribution in [0.15, 0.2) is 11.6 Å². The summed E-state index contributed by atoms with van der Waals surface area (Å²) in [7, 11) is 0. The van der Waals surface area contributed by atoms with E-state index < -0.39 is 0 Å². The number of rotatable bonds is 5. The van der Waals surface area contributed by atoms with Gasteiger partial charge in [-0.1, -0.05) is 18.1 Å². The first-order valence-corrected chi connectivity index (χ1v) is 5.65. The Hall–Kier alpha value is -0.340. The molecule has 0 spiro atoms. The molecule has 82 valence electrons. The molecule has 0 bridgehead atoms. The van der Waals surface area contributed by atoms with Crippen molar-refractivity contribution in [3.63, 3.8) is 0 Å². The molecule has 2 nitrogen and oxygen atoms in total. The summed E-state index contributed by atoms with van der Waals surface area (Å²) in [6, 6.07) is 0. The van der Waals surface area contributed by atoms with E-state index in [0.29, 0.717) is 11.8 Å². The van der Waals surface area contributed by atoms with E-state index in [4.69, 9.17) is 10.5 Å². The maximum absolute atomic E-state index is 5.71. The molecule has 0 aromatic rings. The third-order valence-electron chi connectivity index (χ3n) is 3.06. The number of hydrogen-bond donors (Lipinski definition) is 1. The minimum atomic E-state index is 0.710. The first kappa shape index (κ1) is 11.7. The van der Waals surface area contributed by atoms with E-state index in [9.17, 15) is 0 Å². The van der Waals surface area contributed by atoms with Gasteiger partial charge in [0, 0.05) is 0 Å². The summed E-state index contributed by atoms with van der Waals surface area (Å²) in [5.41, 5.74) is 7.03. The Morgan fingerprint density at radius 1 is 1.36 bits per heavy atom. The van der Waals surface area contributed by atoms with Gasteiger partial charge in [-0.25, -0.2) is 0 Å². The van der Waals surface area contributed by atoms with Crippen LogP contribution in [0.5, 0.6) is 0 Å². The third kappa shape index (κ3) is 3.81. The fraction of sp³-hybridized carbons (Fsp3) is 0.833. The number of allylic oxidation sites excluding steroid dienone is 1. The van der Waals surface area contributed by atoms with Gasteiger partial charge < -0.3 is 10.5 Å². The number of nitrogens with two attached hydrogens (primary N) is 1. The highest BCUT2D eigenvalue weighted by atomic mass is 16.5. The van der Waals surface area contributed by atoms with Gasteiger partial charge in [-0.3, -0.25) is 0 Å². The van der Waals surface area contributed by atoms with Crippen molar-refractivity contribution in [2.45, 2.75) is 33.1 Å². The molecule has 1 aliphatic rings. The van der Waals surface area contributed by atoms with E-state index in [1.165, 1.54) is 24.8 Å². The molecular weight excluding hydrogens is 174 g/mol. The average molecular weight is 197 g/mol. The van der Waals surface area contributed by atoms with Gasteiger partial charge in [-0.2, -0.15) is 0 Å². The molecule has 0 amide bonds. The highest BCUT2D eigenvalue weighted by Gasteiger charge is 2.25. The van der Waals surface area contributed by atoms with Crippen molar-refractivity contribution in [2.24, 2.45) is 17.6 Å². The molecule has 2 N–H and O–H groups in total. The lowest BCUT2D eigenvalue weighted by Crippen LogP contribution is -2.22. The smallest absolute Gasteiger partial charge is 0.0649 e. The zero-order chi connectivity index (χ0) is 10.4. The quantitative estimate of drug-likeness (QED) is 0.542. The average Bonchev–Trinajstić information content (AvgIpc) is 2.59. The molecule has 1 fully saturated rings. The Kier molecular flexibility index (Phi) is 5.20. The van der Waals surface area contributed by atoms with E-state index in [1.54, 1.807) is 0 Å². The number of hydrogen-bond acceptors (Lipinski definition) is 2. The van der Waals surface area contributed by atoms with Gasteiger partial charge in [0.1, 0.15) is 0 Å². The molecule has 0 heterocycles. The Morgan fingerprint density at radius 3 is 2.71 bits per heavy atom. The highest BCUT2D eigenvalue weighted by molar-refractivity contribution is 4.92. The van der Waals surface area contributed by atoms with Crippen molar-refractivity contribution < 1.29 is 4.74 Å². The maximum Gasteiger partial charge on any atom is 0.0649 e. The standard InChI is InChI=1S/C12H23NO/c1-10(2)6-7-14-9-12-5-3-4-11(12)8-13/h6,11-12H,3-5,7-9,13H2,1-2H3. The Labute approximate surface area is 87.5 Å². The lowest BCUT2D eigenvalue weighted by molar-refractivity contribution is 0.108. The second-order valence-electron chi connectivity index (χ2n) is 4.51. The molecule has 14 heavy (non-hydrogen) atoms. The van der Waals surface area contributed by atoms with Crippen LogP contribution in [-0.4, -0.2) is 19.8 Å². The van der Waals surface area contributed by atoms with Crippen LogP contribution < -0.4 is 5.73 Å². The number of ether oxygens (including phenoxy) is 1. The van der Waals surface area contributed by atoms with Crippen molar-refractivity contribution in [1.29, 1.82) is 0 Å². The van der Waals surface area contributed by atoms with Gasteiger partial charge in [-0.15, -0.1) is 0 Å². The van der Waals surface area contributed by atoms with Crippen LogP contribution in [-0.2, 0) is 4.74 Å². The van der Waals surface area contributed by atoms with Crippen LogP contribution in [0.25, 0.3) is 0 Å². The van der Waals surface area contributed by atoms with E-state index in [-0.39, 0.29) is 0 Å². The minimum Gasteiger partial charge on any atom is -0.377 e. The molecule has 2 atom stereocenters. The molecule has 0 radical (unpaired) electrons. The van der Waals surface area contributed by atoms with E-state index in [2.05, 4.69) is 19.9 Å². The fourth-order valence-corrected chi connectivity index (χ4v) is 2.09. The van der Waals surface area contributed by atoms with Crippen LogP contribution in [0.4, 0.5) is 0 Å². The van der Waals surface area contributed by atoms with Crippen LogP contribution in [0.1, 0.15) is 33.1 Å². The first-order valence-electron chi connectivity index (χ1n) is 5.65. The summed E-state index contributed by atoms with van der Waals surface area (Å²) in [6.07, 6.45) is 6.06. The van der Waals surface area contributed by atoms with Crippen LogP contribution in [0, 0.1) is 11.8 Å². The predicted octanol–water partition coefficient (Wildman–Crippen LogP) is 2.34. The van der Waals surface area contributed by atoms with Gasteiger partial charge in [-0.05, 0) is 45.1 Å². The zero-order valence-electron chi connectivity index (χ0n) is 9.46. The maximum atomic E-state index is 5.71. The summed E-state index contributed by atoms with van der Waals surface area (Å²) < 4.78 is 5.63. The topological polar surface area (TPSA) is 35.2 Å². The summed E-state index contributed by atoms with van der Waals surface area (Å²) in [5.74, 6) is 1.42. The Balaban J connectivity index is 2.14. The van der Waals surface area contributed by atoms with Crippen LogP contribution in [0.3, 0.4) is 0 Å². The van der Waals surface area contributed by atoms with E-state index in [1.807, 2.05) is 0 Å². The van der Waals surface area contributed by atoms with Crippen LogP contribution in [0.2, 0.25) is 0 Å². The van der Waals surface area contributed by atoms with E-state index in [0.717, 1.165) is 19.8 Å². The normalized spacial score (nSPS) is 26.5. The molecule has 1 saturated carbocycles. The SMILES string of the molecule is CC(C)=CCOCC1CCCC1CN. The van der Waals surface area contributed by atoms with Crippen LogP contribution >= 0.6 is 0 Å². The molecule has 0 saturated heterocycles. The molecular formula is C12H23NO. The van der Waals surface area contributed by atoms with Crippen molar-refractivity contribution in [3.8, 4) is 0 Å². The highest BCUT2D eigenvalue weighted by Crippen LogP contribution is 2.30. The molecule has 0 aromatic heterocycles. The van der Waals surface area contributed by atoms with Crippen molar-refractivity contribution in [2.75, 3.05) is 19.8 Å². The third-order valence-corrected chi connectivity index (χ3v) is 3.06. The summed E-state index contributed by atoms with van der Waals surface area (Å²) in [4.78, 5) is 0. The van der Waals surface area contributed by atoms with Gasteiger partial charge in [0.05, 0.1) is 13.2 Å². The molecule has 0 aromatic carbocycles. The molecule has 2 heteroatoms. The Morgan fingerprint density at radius 2 is 2.07 bits per heavy atom. The Bertz CT molecular complexity index is 185. The zero-order valence-corrected chi connectivity index (χ0v) is 9.46. The monoisotopic (exact) mass is 197 g/mol. The molecule has 2 unspecified atom stereocenters. The fourth-order valence-electron chi connectivity index (χ4n) is 2.09. The first-order chi connectivity index (χ1) is 6.74. The second-order valence-corrected chi connectivity index (χ2v) is 4.51. The van der Waals surface area contributed by atoms with Crippen molar-refractivity contribution in [3.05, 3.63) is 11.6 Å². The van der Waals surface area contributed by atoms with Gasteiger partial charge >= 0.3 is 0 Å². The van der Waals surface area contributed by atoms with Gasteiger partial charge in [0.25, 0.3) is 0 Å². The molecule has 1 aliphatic carbocycles. The molecule has 1 rings (SSSR count). The van der Waals surface area contributed by atoms with Gasteiger partial charge in [0.15, 0.2) is 0 Å². The largest absolute Gasteiger partial charge is 0.377 e. The lowest BCUT2D eigenvalue weighted by atomic mass is 9.97. The summed E-state index contributed by atoms with van der Waals surface area (Å²) in [5, 5.41) is 0. The van der Waals surface area contributed by atoms with Gasteiger partial charge in [0.2, 0.25) is 0 Å². The lowest BCUT2D eigenvalue weighted by Gasteiger charge is -2.17. The van der Waals surface area contributed by atoms with E-state index >= 15 is 0 Å². The predicted molar refractivity (Wildman–Crippen MR) is 60.1 cm³/mol. The second kappa shape index (κ2) is 6.20. The summed E-state index contributed by atoms with van der Waals surface area (Å²) in [6.45, 7) is 6.68.